The highest BCUT2D eigenvalue weighted by Crippen LogP contribution is 2.02. The molecule has 6 heteroatoms. The molecule has 1 unspecified atom stereocenters. The molecule has 0 fully saturated rings. The molecule has 0 aromatic carbocycles. The third kappa shape index (κ3) is 7.21. The number of nitrogens with zero attached hydrogens (tertiary/aromatic N) is 1. The van der Waals surface area contributed by atoms with Crippen LogP contribution in [-0.2, 0) is 14.4 Å². The van der Waals surface area contributed by atoms with E-state index in [1.165, 1.54) is 11.8 Å². The Kier molecular flexibility index (Phi) is 7.46. The van der Waals surface area contributed by atoms with Gasteiger partial charge in [-0.05, 0) is 12.8 Å². The number of hydrogen-bond donors (Lipinski definition) is 2. The van der Waals surface area contributed by atoms with Crippen LogP contribution in [-0.4, -0.2) is 53.3 Å². The fourth-order valence-electron chi connectivity index (χ4n) is 1.65. The van der Waals surface area contributed by atoms with Gasteiger partial charge in [-0.15, -0.1) is 6.42 Å². The van der Waals surface area contributed by atoms with Crippen molar-refractivity contribution in [3.05, 3.63) is 0 Å². The van der Waals surface area contributed by atoms with Crippen LogP contribution >= 0.6 is 0 Å². The third-order valence-electron chi connectivity index (χ3n) is 2.46. The molecular weight excluding hydrogens is 248 g/mol. The van der Waals surface area contributed by atoms with E-state index < -0.39 is 17.9 Å². The second kappa shape index (κ2) is 8.27. The van der Waals surface area contributed by atoms with Crippen molar-refractivity contribution in [3.63, 3.8) is 0 Å². The van der Waals surface area contributed by atoms with E-state index >= 15 is 0 Å². The van der Waals surface area contributed by atoms with Crippen LogP contribution in [0.15, 0.2) is 0 Å². The molecule has 0 spiro atoms. The molecule has 0 aliphatic carbocycles. The van der Waals surface area contributed by atoms with Crippen LogP contribution in [0.4, 0.5) is 0 Å². The average molecular weight is 268 g/mol. The first-order chi connectivity index (χ1) is 8.77. The quantitative estimate of drug-likeness (QED) is 0.592. The van der Waals surface area contributed by atoms with Gasteiger partial charge in [-0.25, -0.2) is 0 Å². The summed E-state index contributed by atoms with van der Waals surface area (Å²) in [7, 11) is 0. The number of amides is 1. The minimum Gasteiger partial charge on any atom is -0.480 e. The summed E-state index contributed by atoms with van der Waals surface area (Å²) in [5, 5.41) is 11.3. The Morgan fingerprint density at radius 3 is 2.26 bits per heavy atom. The molecule has 0 aromatic rings. The number of nitrogens with one attached hydrogen (secondary N) is 1. The lowest BCUT2D eigenvalue weighted by atomic mass is 10.0. The number of rotatable bonds is 8. The van der Waals surface area contributed by atoms with E-state index in [2.05, 4.69) is 11.2 Å². The molecule has 0 bridgehead atoms. The van der Waals surface area contributed by atoms with E-state index in [1.807, 2.05) is 13.8 Å². The molecule has 0 radical (unpaired) electrons. The van der Waals surface area contributed by atoms with Gasteiger partial charge < -0.3 is 10.4 Å². The van der Waals surface area contributed by atoms with Gasteiger partial charge in [0.15, 0.2) is 5.78 Å². The van der Waals surface area contributed by atoms with Gasteiger partial charge in [0.2, 0.25) is 5.91 Å². The maximum atomic E-state index is 11.8. The molecular formula is C13H20N2O4. The summed E-state index contributed by atoms with van der Waals surface area (Å²) in [6.07, 6.45) is 5.11. The fraction of sp³-hybridized carbons (Fsp3) is 0.615. The second-order valence-electron chi connectivity index (χ2n) is 4.64. The summed E-state index contributed by atoms with van der Waals surface area (Å²) in [5.41, 5.74) is 0. The number of carboxylic acids is 1. The Balaban J connectivity index is 4.52. The Morgan fingerprint density at radius 2 is 1.89 bits per heavy atom. The lowest BCUT2D eigenvalue weighted by Gasteiger charge is -2.22. The van der Waals surface area contributed by atoms with Crippen LogP contribution in [0.2, 0.25) is 0 Å². The zero-order valence-electron chi connectivity index (χ0n) is 11.5. The van der Waals surface area contributed by atoms with E-state index in [0.717, 1.165) is 0 Å². The van der Waals surface area contributed by atoms with Gasteiger partial charge >= 0.3 is 5.97 Å². The smallest absolute Gasteiger partial charge is 0.317 e. The maximum Gasteiger partial charge on any atom is 0.317 e. The lowest BCUT2D eigenvalue weighted by molar-refractivity contribution is -0.138. The largest absolute Gasteiger partial charge is 0.480 e. The Hall–Kier alpha value is -1.87. The molecule has 0 aliphatic heterocycles. The predicted octanol–water partition coefficient (Wildman–Crippen LogP) is -0.264. The van der Waals surface area contributed by atoms with Crippen molar-refractivity contribution < 1.29 is 19.5 Å². The molecule has 2 N–H and O–H groups in total. The van der Waals surface area contributed by atoms with Crippen molar-refractivity contribution in [1.82, 2.24) is 10.2 Å². The van der Waals surface area contributed by atoms with Gasteiger partial charge in [-0.2, -0.15) is 0 Å². The number of carboxylic acid groups (broad SMARTS) is 1. The third-order valence-corrected chi connectivity index (χ3v) is 2.46. The number of aliphatic carboxylic acids is 1. The van der Waals surface area contributed by atoms with E-state index in [4.69, 9.17) is 11.5 Å². The van der Waals surface area contributed by atoms with E-state index in [9.17, 15) is 14.4 Å². The second-order valence-corrected chi connectivity index (χ2v) is 4.64. The van der Waals surface area contributed by atoms with Crippen LogP contribution in [0.1, 0.15) is 20.8 Å². The standard InChI is InChI=1S/C13H20N2O4/c1-5-6-15(8-12(18)19)7-11(17)14-13(9(2)3)10(4)16/h1,9,13H,6-8H2,2-4H3,(H,14,17)(H,18,19). The normalized spacial score (nSPS) is 12.0. The summed E-state index contributed by atoms with van der Waals surface area (Å²) in [4.78, 5) is 35.0. The van der Waals surface area contributed by atoms with Crippen molar-refractivity contribution in [3.8, 4) is 12.3 Å². The molecule has 1 amide bonds. The number of carbonyl (C=O) groups is 3. The summed E-state index contributed by atoms with van der Waals surface area (Å²) < 4.78 is 0. The van der Waals surface area contributed by atoms with Crippen LogP contribution in [0.5, 0.6) is 0 Å². The van der Waals surface area contributed by atoms with Gasteiger partial charge in [0.1, 0.15) is 0 Å². The van der Waals surface area contributed by atoms with Gasteiger partial charge in [-0.3, -0.25) is 19.3 Å². The monoisotopic (exact) mass is 268 g/mol. The lowest BCUT2D eigenvalue weighted by Crippen LogP contribution is -2.48. The van der Waals surface area contributed by atoms with Crippen molar-refractivity contribution in [2.45, 2.75) is 26.8 Å². The zero-order valence-corrected chi connectivity index (χ0v) is 11.5. The molecule has 106 valence electrons. The molecule has 0 saturated heterocycles. The summed E-state index contributed by atoms with van der Waals surface area (Å²) in [6.45, 7) is 4.65. The highest BCUT2D eigenvalue weighted by Gasteiger charge is 2.22. The predicted molar refractivity (Wildman–Crippen MR) is 70.4 cm³/mol. The molecule has 19 heavy (non-hydrogen) atoms. The van der Waals surface area contributed by atoms with E-state index in [-0.39, 0.29) is 31.3 Å². The van der Waals surface area contributed by atoms with Crippen molar-refractivity contribution >= 4 is 17.7 Å². The first-order valence-electron chi connectivity index (χ1n) is 5.95. The van der Waals surface area contributed by atoms with Crippen LogP contribution in [0, 0.1) is 18.3 Å². The molecule has 0 aliphatic rings. The molecule has 0 saturated carbocycles. The SMILES string of the molecule is C#CCN(CC(=O)O)CC(=O)NC(C(C)=O)C(C)C. The number of carbonyl (C=O) groups excluding carboxylic acids is 2. The van der Waals surface area contributed by atoms with Crippen molar-refractivity contribution in [2.75, 3.05) is 19.6 Å². The Labute approximate surface area is 113 Å². The zero-order chi connectivity index (χ0) is 15.0. The number of terminal acetylenes is 1. The first-order valence-corrected chi connectivity index (χ1v) is 5.95. The van der Waals surface area contributed by atoms with Gasteiger partial charge in [0.25, 0.3) is 0 Å². The van der Waals surface area contributed by atoms with Crippen LogP contribution in [0.3, 0.4) is 0 Å². The van der Waals surface area contributed by atoms with E-state index in [0.29, 0.717) is 0 Å². The minimum absolute atomic E-state index is 0.0259. The van der Waals surface area contributed by atoms with Crippen LogP contribution in [0.25, 0.3) is 0 Å². The van der Waals surface area contributed by atoms with Gasteiger partial charge in [-0.1, -0.05) is 19.8 Å². The molecule has 6 nitrogen and oxygen atoms in total. The van der Waals surface area contributed by atoms with Gasteiger partial charge in [0, 0.05) is 0 Å². The fourth-order valence-corrected chi connectivity index (χ4v) is 1.65. The molecule has 1 atom stereocenters. The van der Waals surface area contributed by atoms with Crippen molar-refractivity contribution in [1.29, 1.82) is 0 Å². The minimum atomic E-state index is -1.06. The molecule has 0 aromatic heterocycles. The highest BCUT2D eigenvalue weighted by molar-refractivity contribution is 5.88. The molecule has 0 rings (SSSR count). The topological polar surface area (TPSA) is 86.7 Å². The summed E-state index contributed by atoms with van der Waals surface area (Å²) in [5.74, 6) is 0.661. The molecule has 0 heterocycles. The van der Waals surface area contributed by atoms with E-state index in [1.54, 1.807) is 0 Å². The maximum absolute atomic E-state index is 11.8. The summed E-state index contributed by atoms with van der Waals surface area (Å²) >= 11 is 0. The number of hydrogen-bond acceptors (Lipinski definition) is 4. The number of Topliss-reactive ketones (excluding diaryl/α,β-unsaturated/α-hetero) is 1. The Bertz CT molecular complexity index is 385. The van der Waals surface area contributed by atoms with Gasteiger partial charge in [0.05, 0.1) is 25.7 Å². The average Bonchev–Trinajstić information content (AvgIpc) is 2.24. The highest BCUT2D eigenvalue weighted by atomic mass is 16.4. The number of ketones is 1. The first kappa shape index (κ1) is 17.1. The van der Waals surface area contributed by atoms with Crippen LogP contribution < -0.4 is 5.32 Å². The van der Waals surface area contributed by atoms with Crippen molar-refractivity contribution in [2.24, 2.45) is 5.92 Å². The summed E-state index contributed by atoms with van der Waals surface area (Å²) in [6, 6.07) is -0.565. The Morgan fingerprint density at radius 1 is 1.32 bits per heavy atom.